The highest BCUT2D eigenvalue weighted by molar-refractivity contribution is 7.80. The van der Waals surface area contributed by atoms with Gasteiger partial charge in [0, 0.05) is 35.9 Å². The van der Waals surface area contributed by atoms with Crippen LogP contribution < -0.4 is 0 Å². The molecule has 1 aromatic heterocycles. The molecule has 1 saturated heterocycles. The van der Waals surface area contributed by atoms with Crippen molar-refractivity contribution in [3.05, 3.63) is 36.0 Å². The molecule has 1 atom stereocenters. The first-order chi connectivity index (χ1) is 10.2. The van der Waals surface area contributed by atoms with Crippen molar-refractivity contribution in [1.82, 2.24) is 4.98 Å². The van der Waals surface area contributed by atoms with E-state index in [2.05, 4.69) is 17.6 Å². The fraction of sp³-hybridized carbons (Fsp3) is 0.412. The maximum absolute atomic E-state index is 12.1. The lowest BCUT2D eigenvalue weighted by Gasteiger charge is -2.08. The average molecular weight is 301 g/mol. The summed E-state index contributed by atoms with van der Waals surface area (Å²) >= 11 is 4.39. The first-order valence-electron chi connectivity index (χ1n) is 7.42. The van der Waals surface area contributed by atoms with E-state index in [1.165, 1.54) is 0 Å². The second kappa shape index (κ2) is 6.58. The van der Waals surface area contributed by atoms with Gasteiger partial charge in [-0.25, -0.2) is 0 Å². The number of benzene rings is 1. The van der Waals surface area contributed by atoms with Gasteiger partial charge in [-0.3, -0.25) is 9.78 Å². The van der Waals surface area contributed by atoms with E-state index in [1.807, 2.05) is 24.3 Å². The molecule has 3 rings (SSSR count). The van der Waals surface area contributed by atoms with Crippen LogP contribution >= 0.6 is 12.6 Å². The molecule has 0 amide bonds. The van der Waals surface area contributed by atoms with Crippen molar-refractivity contribution in [2.75, 3.05) is 6.61 Å². The molecule has 1 fully saturated rings. The number of carbonyl (C=O) groups excluding carboxylic acids is 1. The largest absolute Gasteiger partial charge is 0.378 e. The maximum Gasteiger partial charge on any atom is 0.137 e. The minimum absolute atomic E-state index is 0.258. The van der Waals surface area contributed by atoms with Crippen LogP contribution in [0.1, 0.15) is 31.2 Å². The van der Waals surface area contributed by atoms with Crippen molar-refractivity contribution in [2.24, 2.45) is 0 Å². The van der Waals surface area contributed by atoms with Gasteiger partial charge in [0.1, 0.15) is 5.78 Å². The van der Waals surface area contributed by atoms with Crippen molar-refractivity contribution in [1.29, 1.82) is 0 Å². The molecule has 1 unspecified atom stereocenters. The third-order valence-corrected chi connectivity index (χ3v) is 4.28. The van der Waals surface area contributed by atoms with E-state index in [9.17, 15) is 4.79 Å². The number of rotatable bonds is 5. The SMILES string of the molecule is O=C(CCC1CCCO1)Cc1cnc2c(S)cccc2c1. The lowest BCUT2D eigenvalue weighted by Crippen LogP contribution is -2.10. The number of fused-ring (bicyclic) bond motifs is 1. The Labute approximate surface area is 130 Å². The van der Waals surface area contributed by atoms with Crippen molar-refractivity contribution in [2.45, 2.75) is 43.1 Å². The third-order valence-electron chi connectivity index (χ3n) is 3.92. The summed E-state index contributed by atoms with van der Waals surface area (Å²) < 4.78 is 5.55. The van der Waals surface area contributed by atoms with Gasteiger partial charge in [-0.15, -0.1) is 12.6 Å². The van der Waals surface area contributed by atoms with Crippen LogP contribution in [0.4, 0.5) is 0 Å². The predicted molar refractivity (Wildman–Crippen MR) is 85.9 cm³/mol. The highest BCUT2D eigenvalue weighted by atomic mass is 32.1. The summed E-state index contributed by atoms with van der Waals surface area (Å²) in [5, 5.41) is 1.03. The Morgan fingerprint density at radius 1 is 1.43 bits per heavy atom. The number of nitrogens with zero attached hydrogens (tertiary/aromatic N) is 1. The molecule has 0 N–H and O–H groups in total. The van der Waals surface area contributed by atoms with Gasteiger partial charge in [0.2, 0.25) is 0 Å². The van der Waals surface area contributed by atoms with E-state index in [0.29, 0.717) is 12.8 Å². The van der Waals surface area contributed by atoms with Crippen molar-refractivity contribution < 1.29 is 9.53 Å². The minimum atomic E-state index is 0.258. The topological polar surface area (TPSA) is 39.2 Å². The number of para-hydroxylation sites is 1. The zero-order valence-electron chi connectivity index (χ0n) is 11.9. The van der Waals surface area contributed by atoms with Crippen LogP contribution in [0.5, 0.6) is 0 Å². The number of ether oxygens (including phenoxy) is 1. The number of thiol groups is 1. The van der Waals surface area contributed by atoms with Gasteiger partial charge < -0.3 is 4.74 Å². The molecule has 0 radical (unpaired) electrons. The van der Waals surface area contributed by atoms with Crippen LogP contribution in [0.3, 0.4) is 0 Å². The smallest absolute Gasteiger partial charge is 0.137 e. The van der Waals surface area contributed by atoms with Gasteiger partial charge in [-0.1, -0.05) is 12.1 Å². The number of pyridine rings is 1. The molecule has 1 aromatic carbocycles. The lowest BCUT2D eigenvalue weighted by molar-refractivity contribution is -0.119. The summed E-state index contributed by atoms with van der Waals surface area (Å²) in [4.78, 5) is 17.4. The summed E-state index contributed by atoms with van der Waals surface area (Å²) in [6, 6.07) is 7.91. The molecule has 21 heavy (non-hydrogen) atoms. The van der Waals surface area contributed by atoms with Gasteiger partial charge in [0.25, 0.3) is 0 Å². The predicted octanol–water partition coefficient (Wildman–Crippen LogP) is 3.59. The quantitative estimate of drug-likeness (QED) is 0.858. The molecular weight excluding hydrogens is 282 g/mol. The van der Waals surface area contributed by atoms with Gasteiger partial charge in [-0.05, 0) is 37.0 Å². The first kappa shape index (κ1) is 14.5. The van der Waals surface area contributed by atoms with Crippen LogP contribution in [0, 0.1) is 0 Å². The zero-order valence-corrected chi connectivity index (χ0v) is 12.8. The fourth-order valence-electron chi connectivity index (χ4n) is 2.80. The Morgan fingerprint density at radius 2 is 2.33 bits per heavy atom. The van der Waals surface area contributed by atoms with Crippen molar-refractivity contribution >= 4 is 29.3 Å². The van der Waals surface area contributed by atoms with Gasteiger partial charge in [0.15, 0.2) is 0 Å². The fourth-order valence-corrected chi connectivity index (χ4v) is 3.07. The van der Waals surface area contributed by atoms with Crippen molar-refractivity contribution in [3.63, 3.8) is 0 Å². The number of hydrogen-bond acceptors (Lipinski definition) is 4. The molecule has 110 valence electrons. The van der Waals surface area contributed by atoms with E-state index >= 15 is 0 Å². The molecule has 0 saturated carbocycles. The summed E-state index contributed by atoms with van der Waals surface area (Å²) in [6.45, 7) is 0.847. The summed E-state index contributed by atoms with van der Waals surface area (Å²) in [5.41, 5.74) is 1.86. The Bertz CT molecular complexity index is 650. The first-order valence-corrected chi connectivity index (χ1v) is 7.87. The second-order valence-corrected chi connectivity index (χ2v) is 6.06. The van der Waals surface area contributed by atoms with Crippen LogP contribution in [0.2, 0.25) is 0 Å². The van der Waals surface area contributed by atoms with E-state index in [0.717, 1.165) is 47.2 Å². The van der Waals surface area contributed by atoms with Gasteiger partial charge in [-0.2, -0.15) is 0 Å². The van der Waals surface area contributed by atoms with E-state index in [1.54, 1.807) is 6.20 Å². The number of hydrogen-bond donors (Lipinski definition) is 1. The molecule has 1 aliphatic heterocycles. The van der Waals surface area contributed by atoms with Crippen molar-refractivity contribution in [3.8, 4) is 0 Å². The van der Waals surface area contributed by atoms with E-state index < -0.39 is 0 Å². The molecular formula is C17H19NO2S. The molecule has 1 aliphatic rings. The second-order valence-electron chi connectivity index (χ2n) is 5.58. The zero-order chi connectivity index (χ0) is 14.7. The third kappa shape index (κ3) is 3.63. The Kier molecular flexibility index (Phi) is 4.56. The number of carbonyl (C=O) groups is 1. The highest BCUT2D eigenvalue weighted by Crippen LogP contribution is 2.21. The molecule has 0 aliphatic carbocycles. The maximum atomic E-state index is 12.1. The summed E-state index contributed by atoms with van der Waals surface area (Å²) in [7, 11) is 0. The van der Waals surface area contributed by atoms with Crippen LogP contribution in [0.15, 0.2) is 35.4 Å². The number of Topliss-reactive ketones (excluding diaryl/α,β-unsaturated/α-hetero) is 1. The van der Waals surface area contributed by atoms with E-state index in [-0.39, 0.29) is 11.9 Å². The lowest BCUT2D eigenvalue weighted by atomic mass is 10.0. The standard InChI is InChI=1S/C17H19NO2S/c19-14(6-7-15-4-2-8-20-15)10-12-9-13-3-1-5-16(21)17(13)18-11-12/h1,3,5,9,11,15,21H,2,4,6-8,10H2. The van der Waals surface area contributed by atoms with Crippen LogP contribution in [0.25, 0.3) is 10.9 Å². The van der Waals surface area contributed by atoms with Gasteiger partial charge >= 0.3 is 0 Å². The molecule has 2 aromatic rings. The molecule has 0 spiro atoms. The molecule has 4 heteroatoms. The van der Waals surface area contributed by atoms with Crippen LogP contribution in [-0.4, -0.2) is 23.5 Å². The summed E-state index contributed by atoms with van der Waals surface area (Å²) in [6.07, 6.45) is 6.18. The van der Waals surface area contributed by atoms with E-state index in [4.69, 9.17) is 4.74 Å². The number of ketones is 1. The Morgan fingerprint density at radius 3 is 3.14 bits per heavy atom. The number of aromatic nitrogens is 1. The highest BCUT2D eigenvalue weighted by Gasteiger charge is 2.16. The average Bonchev–Trinajstić information content (AvgIpc) is 2.99. The molecule has 0 bridgehead atoms. The monoisotopic (exact) mass is 301 g/mol. The summed E-state index contributed by atoms with van der Waals surface area (Å²) in [5.74, 6) is 0.258. The van der Waals surface area contributed by atoms with Gasteiger partial charge in [0.05, 0.1) is 11.6 Å². The minimum Gasteiger partial charge on any atom is -0.378 e. The Hall–Kier alpha value is -1.39. The van der Waals surface area contributed by atoms with Crippen LogP contribution in [-0.2, 0) is 16.0 Å². The molecule has 3 nitrogen and oxygen atoms in total. The molecule has 2 heterocycles. The normalized spacial score (nSPS) is 18.2. The Balaban J connectivity index is 1.62.